The third kappa shape index (κ3) is 3.52. The molecule has 0 amide bonds. The summed E-state index contributed by atoms with van der Waals surface area (Å²) >= 11 is 0. The number of benzene rings is 2. The number of sulfonamides is 1. The third-order valence-corrected chi connectivity index (χ3v) is 5.02. The van der Waals surface area contributed by atoms with E-state index in [0.29, 0.717) is 11.4 Å². The molecule has 0 saturated carbocycles. The van der Waals surface area contributed by atoms with E-state index in [0.717, 1.165) is 5.56 Å². The lowest BCUT2D eigenvalue weighted by atomic mass is 10.2. The molecule has 0 atom stereocenters. The molecule has 2 rings (SSSR count). The molecule has 120 valence electrons. The number of nitrogens with two attached hydrogens (primary N) is 1. The van der Waals surface area contributed by atoms with Gasteiger partial charge in [0.1, 0.15) is 5.75 Å². The fourth-order valence-corrected chi connectivity index (χ4v) is 3.31. The van der Waals surface area contributed by atoms with Crippen molar-refractivity contribution in [3.8, 4) is 5.75 Å². The summed E-state index contributed by atoms with van der Waals surface area (Å²) in [5.41, 5.74) is 7.02. The Morgan fingerprint density at radius 2 is 1.82 bits per heavy atom. The van der Waals surface area contributed by atoms with Crippen molar-refractivity contribution in [2.75, 3.05) is 18.5 Å². The number of methoxy groups -OCH3 is 1. The van der Waals surface area contributed by atoms with Crippen molar-refractivity contribution in [1.82, 2.24) is 0 Å². The van der Waals surface area contributed by atoms with Crippen LogP contribution in [0.5, 0.6) is 5.75 Å². The van der Waals surface area contributed by atoms with Gasteiger partial charge in [0.15, 0.2) is 0 Å². The molecule has 0 fully saturated rings. The van der Waals surface area contributed by atoms with Gasteiger partial charge in [-0.2, -0.15) is 0 Å². The summed E-state index contributed by atoms with van der Waals surface area (Å²) in [6, 6.07) is 13.5. The van der Waals surface area contributed by atoms with Crippen LogP contribution in [-0.4, -0.2) is 22.6 Å². The summed E-state index contributed by atoms with van der Waals surface area (Å²) < 4.78 is 31.7. The number of rotatable bonds is 5. The molecule has 0 spiro atoms. The van der Waals surface area contributed by atoms with Gasteiger partial charge in [-0.25, -0.2) is 8.42 Å². The van der Waals surface area contributed by atoms with Crippen molar-refractivity contribution in [2.45, 2.75) is 11.4 Å². The SMILES string of the molecule is COc1cccc(S(=O)(=O)N(C)c2ccccc2CN)c1.Cl. The van der Waals surface area contributed by atoms with Gasteiger partial charge in [-0.3, -0.25) is 4.31 Å². The van der Waals surface area contributed by atoms with Gasteiger partial charge < -0.3 is 10.5 Å². The highest BCUT2D eigenvalue weighted by Crippen LogP contribution is 2.26. The van der Waals surface area contributed by atoms with E-state index in [1.807, 2.05) is 12.1 Å². The fraction of sp³-hybridized carbons (Fsp3) is 0.200. The van der Waals surface area contributed by atoms with Crippen LogP contribution in [0, 0.1) is 0 Å². The van der Waals surface area contributed by atoms with E-state index in [9.17, 15) is 8.42 Å². The Bertz CT molecular complexity index is 735. The van der Waals surface area contributed by atoms with Crippen LogP contribution >= 0.6 is 12.4 Å². The summed E-state index contributed by atoms with van der Waals surface area (Å²) in [5.74, 6) is 0.497. The molecular formula is C15H19ClN2O3S. The van der Waals surface area contributed by atoms with Crippen LogP contribution in [0.2, 0.25) is 0 Å². The summed E-state index contributed by atoms with van der Waals surface area (Å²) in [4.78, 5) is 0.177. The van der Waals surface area contributed by atoms with Crippen LogP contribution in [0.15, 0.2) is 53.4 Å². The number of nitrogens with zero attached hydrogens (tertiary/aromatic N) is 1. The Morgan fingerprint density at radius 3 is 2.45 bits per heavy atom. The van der Waals surface area contributed by atoms with Gasteiger partial charge in [0, 0.05) is 19.7 Å². The van der Waals surface area contributed by atoms with E-state index < -0.39 is 10.0 Å². The van der Waals surface area contributed by atoms with Crippen LogP contribution in [0.1, 0.15) is 5.56 Å². The third-order valence-electron chi connectivity index (χ3n) is 3.25. The minimum Gasteiger partial charge on any atom is -0.497 e. The molecule has 7 heteroatoms. The number of halogens is 1. The van der Waals surface area contributed by atoms with E-state index in [1.165, 1.54) is 24.5 Å². The van der Waals surface area contributed by atoms with Crippen LogP contribution in [0.4, 0.5) is 5.69 Å². The molecule has 0 aliphatic rings. The number of anilines is 1. The Balaban J connectivity index is 0.00000242. The van der Waals surface area contributed by atoms with Gasteiger partial charge in [-0.1, -0.05) is 24.3 Å². The van der Waals surface area contributed by atoms with Crippen molar-refractivity contribution in [1.29, 1.82) is 0 Å². The lowest BCUT2D eigenvalue weighted by Crippen LogP contribution is -2.27. The molecule has 0 aliphatic carbocycles. The monoisotopic (exact) mass is 342 g/mol. The molecule has 0 unspecified atom stereocenters. The predicted octanol–water partition coefficient (Wildman–Crippen LogP) is 2.40. The zero-order valence-corrected chi connectivity index (χ0v) is 14.0. The molecule has 5 nitrogen and oxygen atoms in total. The maximum absolute atomic E-state index is 12.7. The summed E-state index contributed by atoms with van der Waals surface area (Å²) in [7, 11) is -0.643. The number of para-hydroxylation sites is 1. The highest BCUT2D eigenvalue weighted by Gasteiger charge is 2.23. The molecule has 0 saturated heterocycles. The maximum atomic E-state index is 12.7. The highest BCUT2D eigenvalue weighted by atomic mass is 35.5. The minimum absolute atomic E-state index is 0. The van der Waals surface area contributed by atoms with E-state index >= 15 is 0 Å². The van der Waals surface area contributed by atoms with Gasteiger partial charge in [0.25, 0.3) is 10.0 Å². The maximum Gasteiger partial charge on any atom is 0.264 e. The Morgan fingerprint density at radius 1 is 1.14 bits per heavy atom. The van der Waals surface area contributed by atoms with Crippen LogP contribution in [0.3, 0.4) is 0 Å². The lowest BCUT2D eigenvalue weighted by molar-refractivity contribution is 0.413. The number of hydrogen-bond donors (Lipinski definition) is 1. The molecule has 0 heterocycles. The van der Waals surface area contributed by atoms with E-state index in [4.69, 9.17) is 10.5 Å². The highest BCUT2D eigenvalue weighted by molar-refractivity contribution is 7.92. The van der Waals surface area contributed by atoms with Crippen LogP contribution < -0.4 is 14.8 Å². The molecule has 0 aromatic heterocycles. The second-order valence-corrected chi connectivity index (χ2v) is 6.45. The molecule has 2 aromatic rings. The summed E-state index contributed by atoms with van der Waals surface area (Å²) in [6.07, 6.45) is 0. The first-order valence-electron chi connectivity index (χ1n) is 6.41. The standard InChI is InChI=1S/C15H18N2O3S.ClH/c1-17(15-9-4-3-6-12(15)11-16)21(18,19)14-8-5-7-13(10-14)20-2;/h3-10H,11,16H2,1-2H3;1H. The average Bonchev–Trinajstić information content (AvgIpc) is 2.54. The molecule has 0 aliphatic heterocycles. The number of ether oxygens (including phenoxy) is 1. The van der Waals surface area contributed by atoms with Crippen molar-refractivity contribution in [3.63, 3.8) is 0 Å². The topological polar surface area (TPSA) is 72.6 Å². The van der Waals surface area contributed by atoms with E-state index in [1.54, 1.807) is 30.3 Å². The number of hydrogen-bond acceptors (Lipinski definition) is 4. The lowest BCUT2D eigenvalue weighted by Gasteiger charge is -2.22. The normalized spacial score (nSPS) is 10.7. The summed E-state index contributed by atoms with van der Waals surface area (Å²) in [5, 5.41) is 0. The Hall–Kier alpha value is -1.76. The molecule has 0 bridgehead atoms. The largest absolute Gasteiger partial charge is 0.497 e. The molecule has 2 N–H and O–H groups in total. The van der Waals surface area contributed by atoms with Gasteiger partial charge in [-0.05, 0) is 23.8 Å². The van der Waals surface area contributed by atoms with Crippen molar-refractivity contribution in [3.05, 3.63) is 54.1 Å². The smallest absolute Gasteiger partial charge is 0.264 e. The fourth-order valence-electron chi connectivity index (χ4n) is 2.04. The Kier molecular flexibility index (Phi) is 6.22. The van der Waals surface area contributed by atoms with E-state index in [-0.39, 0.29) is 23.8 Å². The zero-order chi connectivity index (χ0) is 15.5. The van der Waals surface area contributed by atoms with Crippen molar-refractivity contribution >= 4 is 28.1 Å². The molecule has 0 radical (unpaired) electrons. The Labute approximate surface area is 137 Å². The first kappa shape index (κ1) is 18.3. The average molecular weight is 343 g/mol. The molecular weight excluding hydrogens is 324 g/mol. The van der Waals surface area contributed by atoms with Crippen molar-refractivity contribution < 1.29 is 13.2 Å². The second-order valence-electron chi connectivity index (χ2n) is 4.48. The van der Waals surface area contributed by atoms with E-state index in [2.05, 4.69) is 0 Å². The van der Waals surface area contributed by atoms with Crippen LogP contribution in [0.25, 0.3) is 0 Å². The zero-order valence-electron chi connectivity index (χ0n) is 12.4. The minimum atomic E-state index is -3.66. The predicted molar refractivity (Wildman–Crippen MR) is 90.2 cm³/mol. The first-order valence-corrected chi connectivity index (χ1v) is 7.85. The molecule has 2 aromatic carbocycles. The second kappa shape index (κ2) is 7.49. The van der Waals surface area contributed by atoms with Crippen LogP contribution in [-0.2, 0) is 16.6 Å². The molecule has 22 heavy (non-hydrogen) atoms. The quantitative estimate of drug-likeness (QED) is 0.905. The van der Waals surface area contributed by atoms with Crippen molar-refractivity contribution in [2.24, 2.45) is 5.73 Å². The van der Waals surface area contributed by atoms with Gasteiger partial charge in [0.05, 0.1) is 17.7 Å². The summed E-state index contributed by atoms with van der Waals surface area (Å²) in [6.45, 7) is 0.272. The van der Waals surface area contributed by atoms with Gasteiger partial charge in [-0.15, -0.1) is 12.4 Å². The first-order chi connectivity index (χ1) is 10.0. The van der Waals surface area contributed by atoms with Gasteiger partial charge in [0.2, 0.25) is 0 Å². The van der Waals surface area contributed by atoms with Gasteiger partial charge >= 0.3 is 0 Å².